The van der Waals surface area contributed by atoms with Crippen molar-refractivity contribution in [3.63, 3.8) is 0 Å². The lowest BCUT2D eigenvalue weighted by Crippen LogP contribution is -2.10. The Kier molecular flexibility index (Phi) is 5.97. The van der Waals surface area contributed by atoms with Crippen LogP contribution in [0.5, 0.6) is 0 Å². The van der Waals surface area contributed by atoms with Gasteiger partial charge in [-0.1, -0.05) is 0 Å². The van der Waals surface area contributed by atoms with Crippen molar-refractivity contribution in [2.75, 3.05) is 11.0 Å². The zero-order valence-corrected chi connectivity index (χ0v) is 18.5. The third-order valence-electron chi connectivity index (χ3n) is 4.12. The minimum Gasteiger partial charge on any atom is -0.481 e. The number of thiophene rings is 1. The molecular weight excluding hydrogens is 464 g/mol. The van der Waals surface area contributed by atoms with Crippen LogP contribution in [0.2, 0.25) is 0 Å². The molecule has 2 heterocycles. The Morgan fingerprint density at radius 2 is 2.00 bits per heavy atom. The maximum Gasteiger partial charge on any atom is 0.303 e. The number of hydrogen-bond acceptors (Lipinski definition) is 4. The molecule has 0 spiro atoms. The standard InChI is InChI=1S/C19H19BrN2O4S2/c1-12-9-14(21-28(2,25)26)3-6-16(12)22-15(5-8-19(23)24)4-7-17(22)18-10-13(20)11-27-18/h3-4,6-7,9-11,21H,5,8H2,1-2H3,(H,23,24). The van der Waals surface area contributed by atoms with Gasteiger partial charge in [0.25, 0.3) is 0 Å². The molecule has 28 heavy (non-hydrogen) atoms. The summed E-state index contributed by atoms with van der Waals surface area (Å²) in [4.78, 5) is 12.1. The van der Waals surface area contributed by atoms with Crippen molar-refractivity contribution in [2.45, 2.75) is 19.8 Å². The molecule has 0 aliphatic rings. The molecule has 3 aromatic rings. The van der Waals surface area contributed by atoms with E-state index in [1.165, 1.54) is 0 Å². The average Bonchev–Trinajstić information content (AvgIpc) is 3.17. The lowest BCUT2D eigenvalue weighted by Gasteiger charge is -2.16. The first-order chi connectivity index (χ1) is 13.1. The molecule has 0 saturated heterocycles. The molecule has 0 aliphatic carbocycles. The summed E-state index contributed by atoms with van der Waals surface area (Å²) < 4.78 is 28.5. The minimum absolute atomic E-state index is 0.0321. The highest BCUT2D eigenvalue weighted by atomic mass is 79.9. The van der Waals surface area contributed by atoms with Gasteiger partial charge in [0.1, 0.15) is 0 Å². The van der Waals surface area contributed by atoms with Crippen molar-refractivity contribution in [3.8, 4) is 16.3 Å². The molecule has 0 saturated carbocycles. The van der Waals surface area contributed by atoms with Gasteiger partial charge in [0.15, 0.2) is 0 Å². The van der Waals surface area contributed by atoms with Gasteiger partial charge in [-0.15, -0.1) is 11.3 Å². The number of aryl methyl sites for hydroxylation is 2. The number of benzene rings is 1. The van der Waals surface area contributed by atoms with E-state index in [4.69, 9.17) is 5.11 Å². The summed E-state index contributed by atoms with van der Waals surface area (Å²) >= 11 is 5.07. The number of carboxylic acid groups (broad SMARTS) is 1. The van der Waals surface area contributed by atoms with Crippen LogP contribution in [0.25, 0.3) is 16.3 Å². The van der Waals surface area contributed by atoms with E-state index in [9.17, 15) is 13.2 Å². The van der Waals surface area contributed by atoms with E-state index in [1.54, 1.807) is 23.5 Å². The third kappa shape index (κ3) is 4.84. The Balaban J connectivity index is 2.10. The molecule has 148 valence electrons. The number of hydrogen-bond donors (Lipinski definition) is 2. The Morgan fingerprint density at radius 3 is 2.57 bits per heavy atom. The monoisotopic (exact) mass is 482 g/mol. The number of anilines is 1. The molecule has 2 N–H and O–H groups in total. The second kappa shape index (κ2) is 8.10. The smallest absolute Gasteiger partial charge is 0.303 e. The van der Waals surface area contributed by atoms with Crippen LogP contribution in [0.3, 0.4) is 0 Å². The van der Waals surface area contributed by atoms with Gasteiger partial charge in [-0.2, -0.15) is 0 Å². The van der Waals surface area contributed by atoms with Gasteiger partial charge in [-0.05, 0) is 71.2 Å². The van der Waals surface area contributed by atoms with Gasteiger partial charge in [0, 0.05) is 26.9 Å². The number of aliphatic carboxylic acids is 1. The summed E-state index contributed by atoms with van der Waals surface area (Å²) in [7, 11) is -3.36. The Labute approximate surface area is 176 Å². The van der Waals surface area contributed by atoms with Gasteiger partial charge in [0.05, 0.1) is 23.2 Å². The zero-order chi connectivity index (χ0) is 20.5. The predicted octanol–water partition coefficient (Wildman–Crippen LogP) is 4.67. The first kappa shape index (κ1) is 20.6. The maximum atomic E-state index is 11.5. The summed E-state index contributed by atoms with van der Waals surface area (Å²) in [6.07, 6.45) is 1.54. The Hall–Kier alpha value is -2.10. The highest BCUT2D eigenvalue weighted by molar-refractivity contribution is 9.10. The minimum atomic E-state index is -3.36. The largest absolute Gasteiger partial charge is 0.481 e. The van der Waals surface area contributed by atoms with Crippen molar-refractivity contribution in [3.05, 3.63) is 57.5 Å². The second-order valence-corrected chi connectivity index (χ2v) is 10.0. The molecule has 0 radical (unpaired) electrons. The fourth-order valence-corrected chi connectivity index (χ4v) is 5.02. The van der Waals surface area contributed by atoms with E-state index in [0.717, 1.165) is 38.2 Å². The van der Waals surface area contributed by atoms with E-state index >= 15 is 0 Å². The van der Waals surface area contributed by atoms with Gasteiger partial charge in [-0.3, -0.25) is 9.52 Å². The SMILES string of the molecule is Cc1cc(NS(C)(=O)=O)ccc1-n1c(CCC(=O)O)ccc1-c1cc(Br)cs1. The van der Waals surface area contributed by atoms with Crippen LogP contribution in [-0.2, 0) is 21.2 Å². The van der Waals surface area contributed by atoms with Crippen molar-refractivity contribution in [1.29, 1.82) is 0 Å². The zero-order valence-electron chi connectivity index (χ0n) is 15.3. The van der Waals surface area contributed by atoms with Crippen molar-refractivity contribution in [1.82, 2.24) is 4.57 Å². The van der Waals surface area contributed by atoms with Crippen LogP contribution in [0.4, 0.5) is 5.69 Å². The number of carbonyl (C=O) groups is 1. The number of nitrogens with zero attached hydrogens (tertiary/aromatic N) is 1. The van der Waals surface area contributed by atoms with E-state index in [1.807, 2.05) is 41.1 Å². The molecule has 0 bridgehead atoms. The molecule has 0 aliphatic heterocycles. The number of sulfonamides is 1. The number of aromatic nitrogens is 1. The molecule has 9 heteroatoms. The van der Waals surface area contributed by atoms with Gasteiger partial charge in [0.2, 0.25) is 10.0 Å². The first-order valence-corrected chi connectivity index (χ1v) is 12.0. The molecule has 0 fully saturated rings. The van der Waals surface area contributed by atoms with E-state index in [0.29, 0.717) is 12.1 Å². The lowest BCUT2D eigenvalue weighted by atomic mass is 10.1. The highest BCUT2D eigenvalue weighted by Crippen LogP contribution is 2.35. The molecule has 2 aromatic heterocycles. The number of halogens is 1. The van der Waals surface area contributed by atoms with Gasteiger partial charge < -0.3 is 9.67 Å². The molecule has 1 aromatic carbocycles. The average molecular weight is 483 g/mol. The molecular formula is C19H19BrN2O4S2. The van der Waals surface area contributed by atoms with E-state index in [-0.39, 0.29) is 6.42 Å². The fraction of sp³-hybridized carbons (Fsp3) is 0.211. The van der Waals surface area contributed by atoms with Gasteiger partial charge >= 0.3 is 5.97 Å². The second-order valence-electron chi connectivity index (χ2n) is 6.44. The van der Waals surface area contributed by atoms with Crippen LogP contribution in [0, 0.1) is 6.92 Å². The normalized spacial score (nSPS) is 11.5. The molecule has 6 nitrogen and oxygen atoms in total. The summed E-state index contributed by atoms with van der Waals surface area (Å²) in [5.74, 6) is -0.849. The molecule has 0 amide bonds. The predicted molar refractivity (Wildman–Crippen MR) is 116 cm³/mol. The van der Waals surface area contributed by atoms with Crippen LogP contribution >= 0.6 is 27.3 Å². The van der Waals surface area contributed by atoms with Crippen molar-refractivity contribution >= 4 is 48.9 Å². The van der Waals surface area contributed by atoms with Crippen LogP contribution < -0.4 is 4.72 Å². The quantitative estimate of drug-likeness (QED) is 0.512. The topological polar surface area (TPSA) is 88.4 Å². The fourth-order valence-electron chi connectivity index (χ4n) is 3.02. The highest BCUT2D eigenvalue weighted by Gasteiger charge is 2.16. The van der Waals surface area contributed by atoms with Crippen molar-refractivity contribution in [2.24, 2.45) is 0 Å². The van der Waals surface area contributed by atoms with Crippen LogP contribution in [0.15, 0.2) is 46.3 Å². The summed E-state index contributed by atoms with van der Waals surface area (Å²) in [5, 5.41) is 11.1. The van der Waals surface area contributed by atoms with E-state index in [2.05, 4.69) is 20.7 Å². The van der Waals surface area contributed by atoms with Crippen molar-refractivity contribution < 1.29 is 18.3 Å². The number of rotatable bonds is 7. The summed E-state index contributed by atoms with van der Waals surface area (Å²) in [5.41, 5.74) is 4.09. The summed E-state index contributed by atoms with van der Waals surface area (Å²) in [6, 6.07) is 11.3. The number of nitrogens with one attached hydrogen (secondary N) is 1. The summed E-state index contributed by atoms with van der Waals surface area (Å²) in [6.45, 7) is 1.90. The lowest BCUT2D eigenvalue weighted by molar-refractivity contribution is -0.136. The first-order valence-electron chi connectivity index (χ1n) is 8.39. The Morgan fingerprint density at radius 1 is 1.25 bits per heavy atom. The number of carboxylic acids is 1. The van der Waals surface area contributed by atoms with Crippen LogP contribution in [-0.4, -0.2) is 30.3 Å². The third-order valence-corrected chi connectivity index (χ3v) is 6.44. The molecule has 0 atom stereocenters. The molecule has 0 unspecified atom stereocenters. The van der Waals surface area contributed by atoms with Gasteiger partial charge in [-0.25, -0.2) is 8.42 Å². The Bertz CT molecular complexity index is 1130. The van der Waals surface area contributed by atoms with Crippen LogP contribution in [0.1, 0.15) is 17.7 Å². The van der Waals surface area contributed by atoms with E-state index < -0.39 is 16.0 Å². The molecule has 3 rings (SSSR count). The maximum absolute atomic E-state index is 11.5.